The maximum Gasteiger partial charge on any atom is 0.179 e. The van der Waals surface area contributed by atoms with Crippen LogP contribution in [-0.2, 0) is 0 Å². The van der Waals surface area contributed by atoms with Crippen LogP contribution in [0.5, 0.6) is 0 Å². The number of carbonyl (C=O) groups excluding carboxylic acids is 1. The highest BCUT2D eigenvalue weighted by atomic mass is 79.9. The molecule has 0 aliphatic heterocycles. The summed E-state index contributed by atoms with van der Waals surface area (Å²) in [5.74, 6) is -1.83. The third-order valence-corrected chi connectivity index (χ3v) is 2.97. The van der Waals surface area contributed by atoms with E-state index in [4.69, 9.17) is 4.52 Å². The van der Waals surface area contributed by atoms with E-state index in [9.17, 15) is 13.6 Å². The summed E-state index contributed by atoms with van der Waals surface area (Å²) >= 11 is 3.05. The van der Waals surface area contributed by atoms with Gasteiger partial charge in [0.15, 0.2) is 17.4 Å². The Morgan fingerprint density at radius 2 is 2.11 bits per heavy atom. The van der Waals surface area contributed by atoms with Crippen LogP contribution in [0, 0.1) is 18.6 Å². The summed E-state index contributed by atoms with van der Waals surface area (Å²) < 4.78 is 30.9. The molecule has 0 atom stereocenters. The Bertz CT molecular complexity index is 610. The van der Waals surface area contributed by atoms with Gasteiger partial charge in [0, 0.05) is 5.56 Å². The Balaban J connectivity index is 2.57. The number of nitrogens with zero attached hydrogens (tertiary/aromatic N) is 1. The molecule has 1 aromatic carbocycles. The van der Waals surface area contributed by atoms with Crippen molar-refractivity contribution in [1.82, 2.24) is 5.16 Å². The molecule has 6 heteroatoms. The van der Waals surface area contributed by atoms with Gasteiger partial charge in [-0.3, -0.25) is 4.79 Å². The Labute approximate surface area is 110 Å². The highest BCUT2D eigenvalue weighted by Gasteiger charge is 2.21. The van der Waals surface area contributed by atoms with Crippen molar-refractivity contribution < 1.29 is 18.1 Å². The lowest BCUT2D eigenvalue weighted by Gasteiger charge is -2.01. The topological polar surface area (TPSA) is 43.1 Å². The summed E-state index contributed by atoms with van der Waals surface area (Å²) in [6.07, 6.45) is 0. The van der Waals surface area contributed by atoms with Crippen molar-refractivity contribution in [2.45, 2.75) is 6.92 Å². The molecule has 0 spiro atoms. The normalized spacial score (nSPS) is 10.7. The number of hydrogen-bond donors (Lipinski definition) is 0. The molecule has 94 valence electrons. The second-order valence-electron chi connectivity index (χ2n) is 3.65. The molecule has 0 fully saturated rings. The fraction of sp³-hybridized carbons (Fsp3) is 0.167. The van der Waals surface area contributed by atoms with Crippen molar-refractivity contribution in [1.29, 1.82) is 0 Å². The van der Waals surface area contributed by atoms with Crippen LogP contribution in [0.2, 0.25) is 0 Å². The van der Waals surface area contributed by atoms with E-state index in [1.165, 1.54) is 6.07 Å². The molecule has 1 heterocycles. The highest BCUT2D eigenvalue weighted by Crippen LogP contribution is 2.27. The molecule has 0 aliphatic rings. The average molecular weight is 316 g/mol. The average Bonchev–Trinajstić information content (AvgIpc) is 2.74. The fourth-order valence-corrected chi connectivity index (χ4v) is 1.89. The van der Waals surface area contributed by atoms with Crippen LogP contribution in [0.1, 0.15) is 16.1 Å². The molecular formula is C12H8BrF2NO2. The Hall–Kier alpha value is -1.56. The minimum Gasteiger partial charge on any atom is -0.360 e. The summed E-state index contributed by atoms with van der Waals surface area (Å²) in [7, 11) is 0. The minimum atomic E-state index is -0.995. The zero-order chi connectivity index (χ0) is 13.3. The van der Waals surface area contributed by atoms with Crippen LogP contribution in [0.25, 0.3) is 11.3 Å². The van der Waals surface area contributed by atoms with Crippen LogP contribution in [0.15, 0.2) is 22.7 Å². The predicted octanol–water partition coefficient (Wildman–Crippen LogP) is 3.51. The zero-order valence-corrected chi connectivity index (χ0v) is 10.9. The van der Waals surface area contributed by atoms with E-state index in [0.29, 0.717) is 11.3 Å². The maximum absolute atomic E-state index is 13.2. The smallest absolute Gasteiger partial charge is 0.179 e. The molecule has 3 nitrogen and oxygen atoms in total. The van der Waals surface area contributed by atoms with E-state index in [-0.39, 0.29) is 22.4 Å². The van der Waals surface area contributed by atoms with Gasteiger partial charge in [0.05, 0.1) is 10.9 Å². The third kappa shape index (κ3) is 2.20. The fourth-order valence-electron chi connectivity index (χ4n) is 1.61. The van der Waals surface area contributed by atoms with Crippen molar-refractivity contribution in [3.8, 4) is 11.3 Å². The lowest BCUT2D eigenvalue weighted by atomic mass is 10.0. The summed E-state index contributed by atoms with van der Waals surface area (Å²) in [4.78, 5) is 11.7. The lowest BCUT2D eigenvalue weighted by Crippen LogP contribution is -2.02. The first-order valence-corrected chi connectivity index (χ1v) is 6.17. The second kappa shape index (κ2) is 4.97. The monoisotopic (exact) mass is 315 g/mol. The second-order valence-corrected chi connectivity index (χ2v) is 4.21. The molecule has 18 heavy (non-hydrogen) atoms. The van der Waals surface area contributed by atoms with Gasteiger partial charge in [-0.1, -0.05) is 21.1 Å². The number of rotatable bonds is 3. The molecule has 0 bridgehead atoms. The number of Topliss-reactive ketones (excluding diaryl/α,β-unsaturated/α-hetero) is 1. The number of aryl methyl sites for hydroxylation is 1. The van der Waals surface area contributed by atoms with Gasteiger partial charge in [-0.05, 0) is 25.1 Å². The van der Waals surface area contributed by atoms with Crippen LogP contribution in [-0.4, -0.2) is 16.3 Å². The summed E-state index contributed by atoms with van der Waals surface area (Å²) in [5, 5.41) is 3.82. The number of alkyl halides is 1. The molecule has 0 unspecified atom stereocenters. The Kier molecular flexibility index (Phi) is 3.56. The van der Waals surface area contributed by atoms with Gasteiger partial charge < -0.3 is 4.52 Å². The van der Waals surface area contributed by atoms with Gasteiger partial charge in [-0.25, -0.2) is 8.78 Å². The van der Waals surface area contributed by atoms with Crippen molar-refractivity contribution in [2.75, 3.05) is 5.33 Å². The molecule has 2 aromatic rings. The molecule has 0 N–H and O–H groups in total. The largest absolute Gasteiger partial charge is 0.360 e. The van der Waals surface area contributed by atoms with Crippen molar-refractivity contribution in [3.05, 3.63) is 41.2 Å². The number of aromatic nitrogens is 1. The van der Waals surface area contributed by atoms with Crippen LogP contribution in [0.4, 0.5) is 8.78 Å². The maximum atomic E-state index is 13.2. The molecule has 0 saturated heterocycles. The number of hydrogen-bond acceptors (Lipinski definition) is 3. The lowest BCUT2D eigenvalue weighted by molar-refractivity contribution is 0.102. The quantitative estimate of drug-likeness (QED) is 0.643. The van der Waals surface area contributed by atoms with Gasteiger partial charge in [-0.15, -0.1) is 0 Å². The molecular weight excluding hydrogens is 308 g/mol. The Morgan fingerprint density at radius 3 is 2.72 bits per heavy atom. The van der Waals surface area contributed by atoms with Gasteiger partial charge in [-0.2, -0.15) is 0 Å². The molecule has 2 rings (SSSR count). The van der Waals surface area contributed by atoms with E-state index in [1.807, 2.05) is 0 Å². The number of carbonyl (C=O) groups is 1. The van der Waals surface area contributed by atoms with E-state index in [2.05, 4.69) is 21.1 Å². The van der Waals surface area contributed by atoms with Gasteiger partial charge in [0.2, 0.25) is 0 Å². The van der Waals surface area contributed by atoms with Crippen molar-refractivity contribution in [3.63, 3.8) is 0 Å². The number of halogens is 3. The molecule has 1 aromatic heterocycles. The number of ketones is 1. The predicted molar refractivity (Wildman–Crippen MR) is 64.7 cm³/mol. The van der Waals surface area contributed by atoms with Crippen LogP contribution in [0.3, 0.4) is 0 Å². The zero-order valence-electron chi connectivity index (χ0n) is 9.34. The van der Waals surface area contributed by atoms with Crippen molar-refractivity contribution in [2.24, 2.45) is 0 Å². The molecule has 0 aliphatic carbocycles. The summed E-state index contributed by atoms with van der Waals surface area (Å²) in [5.41, 5.74) is 0.795. The van der Waals surface area contributed by atoms with E-state index in [0.717, 1.165) is 12.1 Å². The molecule has 0 saturated carbocycles. The van der Waals surface area contributed by atoms with E-state index in [1.54, 1.807) is 6.92 Å². The third-order valence-electron chi connectivity index (χ3n) is 2.46. The van der Waals surface area contributed by atoms with E-state index >= 15 is 0 Å². The highest BCUT2D eigenvalue weighted by molar-refractivity contribution is 9.09. The van der Waals surface area contributed by atoms with Gasteiger partial charge in [0.25, 0.3) is 0 Å². The van der Waals surface area contributed by atoms with Crippen molar-refractivity contribution >= 4 is 21.7 Å². The Morgan fingerprint density at radius 1 is 1.39 bits per heavy atom. The van der Waals surface area contributed by atoms with Crippen LogP contribution < -0.4 is 0 Å². The standard InChI is InChI=1S/C12H8BrF2NO2/c1-6-11(10(17)5-13)12(16-18-6)7-2-3-8(14)9(15)4-7/h2-4H,5H2,1H3. The van der Waals surface area contributed by atoms with Crippen LogP contribution >= 0.6 is 15.9 Å². The molecule has 0 amide bonds. The first kappa shape index (κ1) is 12.9. The van der Waals surface area contributed by atoms with Gasteiger partial charge in [0.1, 0.15) is 11.5 Å². The minimum absolute atomic E-state index is 0.103. The summed E-state index contributed by atoms with van der Waals surface area (Å²) in [6, 6.07) is 3.31. The van der Waals surface area contributed by atoms with E-state index < -0.39 is 11.6 Å². The van der Waals surface area contributed by atoms with Gasteiger partial charge >= 0.3 is 0 Å². The number of benzene rings is 1. The SMILES string of the molecule is Cc1onc(-c2ccc(F)c(F)c2)c1C(=O)CBr. The first-order chi connectivity index (χ1) is 8.54. The molecule has 0 radical (unpaired) electrons. The summed E-state index contributed by atoms with van der Waals surface area (Å²) in [6.45, 7) is 1.59. The first-order valence-electron chi connectivity index (χ1n) is 5.05.